The quantitative estimate of drug-likeness (QED) is 0.633. The van der Waals surface area contributed by atoms with E-state index in [0.29, 0.717) is 5.69 Å². The van der Waals surface area contributed by atoms with Crippen molar-refractivity contribution in [2.75, 3.05) is 0 Å². The zero-order valence-corrected chi connectivity index (χ0v) is 8.24. The van der Waals surface area contributed by atoms with Gasteiger partial charge in [0.1, 0.15) is 0 Å². The van der Waals surface area contributed by atoms with Crippen molar-refractivity contribution in [2.45, 2.75) is 26.9 Å². The Labute approximate surface area is 76.7 Å². The minimum atomic E-state index is -0.416. The van der Waals surface area contributed by atoms with Gasteiger partial charge in [-0.3, -0.25) is 4.68 Å². The normalized spacial score (nSPS) is 10.5. The van der Waals surface area contributed by atoms with Gasteiger partial charge in [0.15, 0.2) is 5.69 Å². The lowest BCUT2D eigenvalue weighted by Crippen LogP contribution is -2.13. The molecule has 0 radical (unpaired) electrons. The third kappa shape index (κ3) is 2.05. The fraction of sp³-hybridized carbons (Fsp3) is 0.625. The Bertz CT molecular complexity index is 317. The van der Waals surface area contributed by atoms with E-state index in [1.54, 1.807) is 27.8 Å². The topological polar surface area (TPSA) is 57.0 Å². The third-order valence-corrected chi connectivity index (χ3v) is 1.64. The van der Waals surface area contributed by atoms with Crippen molar-refractivity contribution in [2.24, 2.45) is 7.05 Å². The maximum Gasteiger partial charge on any atom is 0.361 e. The first kappa shape index (κ1) is 9.70. The first-order valence-corrected chi connectivity index (χ1v) is 4.09. The highest BCUT2D eigenvalue weighted by molar-refractivity contribution is 5.88. The van der Waals surface area contributed by atoms with Crippen LogP contribution in [0.5, 0.6) is 0 Å². The third-order valence-electron chi connectivity index (χ3n) is 1.64. The molecule has 72 valence electrons. The summed E-state index contributed by atoms with van der Waals surface area (Å²) in [7, 11) is 1.73. The van der Waals surface area contributed by atoms with Crippen LogP contribution >= 0.6 is 0 Å². The second-order valence-electron chi connectivity index (χ2n) is 3.10. The Morgan fingerprint density at radius 1 is 1.54 bits per heavy atom. The number of rotatable bonds is 2. The van der Waals surface area contributed by atoms with Crippen LogP contribution in [0, 0.1) is 6.92 Å². The van der Waals surface area contributed by atoms with Crippen LogP contribution in [-0.4, -0.2) is 27.1 Å². The van der Waals surface area contributed by atoms with Gasteiger partial charge >= 0.3 is 5.97 Å². The monoisotopic (exact) mass is 183 g/mol. The molecule has 0 aliphatic carbocycles. The zero-order valence-electron chi connectivity index (χ0n) is 8.24. The number of ether oxygens (including phenoxy) is 1. The van der Waals surface area contributed by atoms with E-state index in [1.165, 1.54) is 4.68 Å². The summed E-state index contributed by atoms with van der Waals surface area (Å²) in [6.07, 6.45) is -0.131. The molecular weight excluding hydrogens is 170 g/mol. The van der Waals surface area contributed by atoms with Crippen molar-refractivity contribution < 1.29 is 9.53 Å². The highest BCUT2D eigenvalue weighted by atomic mass is 16.5. The second kappa shape index (κ2) is 3.55. The number of esters is 1. The summed E-state index contributed by atoms with van der Waals surface area (Å²) in [6.45, 7) is 5.37. The molecule has 0 atom stereocenters. The number of carbonyl (C=O) groups excluding carboxylic acids is 1. The van der Waals surface area contributed by atoms with Crippen LogP contribution in [0.15, 0.2) is 0 Å². The summed E-state index contributed by atoms with van der Waals surface area (Å²) >= 11 is 0. The van der Waals surface area contributed by atoms with Crippen LogP contribution in [0.1, 0.15) is 30.0 Å². The summed E-state index contributed by atoms with van der Waals surface area (Å²) in [5.41, 5.74) is 1.00. The molecule has 0 aliphatic rings. The smallest absolute Gasteiger partial charge is 0.361 e. The molecule has 1 heterocycles. The number of hydrogen-bond donors (Lipinski definition) is 0. The van der Waals surface area contributed by atoms with Crippen molar-refractivity contribution in [3.8, 4) is 0 Å². The van der Waals surface area contributed by atoms with Gasteiger partial charge in [-0.25, -0.2) is 4.79 Å². The molecule has 0 spiro atoms. The maximum atomic E-state index is 11.4. The molecule has 0 aromatic carbocycles. The molecule has 0 bridgehead atoms. The summed E-state index contributed by atoms with van der Waals surface area (Å²) in [5.74, 6) is -0.416. The fourth-order valence-electron chi connectivity index (χ4n) is 0.863. The lowest BCUT2D eigenvalue weighted by Gasteiger charge is -2.05. The van der Waals surface area contributed by atoms with Gasteiger partial charge < -0.3 is 4.74 Å². The minimum absolute atomic E-state index is 0.131. The van der Waals surface area contributed by atoms with Gasteiger partial charge in [-0.2, -0.15) is 0 Å². The minimum Gasteiger partial charge on any atom is -0.458 e. The molecule has 13 heavy (non-hydrogen) atoms. The fourth-order valence-corrected chi connectivity index (χ4v) is 0.863. The second-order valence-corrected chi connectivity index (χ2v) is 3.10. The Morgan fingerprint density at radius 3 is 2.54 bits per heavy atom. The molecule has 0 N–H and O–H groups in total. The molecule has 1 rings (SSSR count). The molecular formula is C8H13N3O2. The van der Waals surface area contributed by atoms with E-state index in [0.717, 1.165) is 0 Å². The summed E-state index contributed by atoms with van der Waals surface area (Å²) in [4.78, 5) is 11.4. The summed E-state index contributed by atoms with van der Waals surface area (Å²) in [6, 6.07) is 0. The van der Waals surface area contributed by atoms with Gasteiger partial charge in [-0.15, -0.1) is 5.10 Å². The van der Waals surface area contributed by atoms with E-state index in [1.807, 2.05) is 0 Å². The molecule has 5 nitrogen and oxygen atoms in total. The van der Waals surface area contributed by atoms with E-state index in [2.05, 4.69) is 10.3 Å². The Kier molecular flexibility index (Phi) is 2.65. The first-order valence-electron chi connectivity index (χ1n) is 4.09. The van der Waals surface area contributed by atoms with Crippen molar-refractivity contribution >= 4 is 5.97 Å². The van der Waals surface area contributed by atoms with Gasteiger partial charge in [0.2, 0.25) is 0 Å². The molecule has 1 aromatic rings. The first-order chi connectivity index (χ1) is 6.02. The van der Waals surface area contributed by atoms with Crippen LogP contribution < -0.4 is 0 Å². The molecule has 0 amide bonds. The van der Waals surface area contributed by atoms with Crippen LogP contribution in [0.3, 0.4) is 0 Å². The van der Waals surface area contributed by atoms with Crippen molar-refractivity contribution in [1.29, 1.82) is 0 Å². The lowest BCUT2D eigenvalue weighted by molar-refractivity contribution is 0.0370. The van der Waals surface area contributed by atoms with Gasteiger partial charge in [0.25, 0.3) is 0 Å². The Hall–Kier alpha value is -1.39. The van der Waals surface area contributed by atoms with Crippen LogP contribution in [0.2, 0.25) is 0 Å². The predicted molar refractivity (Wildman–Crippen MR) is 46.3 cm³/mol. The molecule has 0 saturated carbocycles. The van der Waals surface area contributed by atoms with E-state index in [9.17, 15) is 4.79 Å². The largest absolute Gasteiger partial charge is 0.458 e. The zero-order chi connectivity index (χ0) is 10.0. The van der Waals surface area contributed by atoms with Gasteiger partial charge in [-0.1, -0.05) is 5.21 Å². The number of carbonyl (C=O) groups is 1. The van der Waals surface area contributed by atoms with Crippen LogP contribution in [-0.2, 0) is 11.8 Å². The standard InChI is InChI=1S/C8H13N3O2/c1-5(2)13-8(12)7-6(3)11(4)10-9-7/h5H,1-4H3. The van der Waals surface area contributed by atoms with Gasteiger partial charge in [0.05, 0.1) is 11.8 Å². The average molecular weight is 183 g/mol. The molecule has 0 aliphatic heterocycles. The highest BCUT2D eigenvalue weighted by Crippen LogP contribution is 2.05. The van der Waals surface area contributed by atoms with E-state index in [-0.39, 0.29) is 11.8 Å². The van der Waals surface area contributed by atoms with Crippen LogP contribution in [0.4, 0.5) is 0 Å². The molecule has 0 unspecified atom stereocenters. The SMILES string of the molecule is Cc1c(C(=O)OC(C)C)nnn1C. The maximum absolute atomic E-state index is 11.4. The van der Waals surface area contributed by atoms with E-state index >= 15 is 0 Å². The van der Waals surface area contributed by atoms with Crippen molar-refractivity contribution in [3.63, 3.8) is 0 Å². The molecule has 0 fully saturated rings. The molecule has 0 saturated heterocycles. The van der Waals surface area contributed by atoms with Crippen molar-refractivity contribution in [3.05, 3.63) is 11.4 Å². The van der Waals surface area contributed by atoms with Crippen molar-refractivity contribution in [1.82, 2.24) is 15.0 Å². The molecule has 1 aromatic heterocycles. The predicted octanol–water partition coefficient (Wildman–Crippen LogP) is 0.689. The molecule has 5 heteroatoms. The Morgan fingerprint density at radius 2 is 2.15 bits per heavy atom. The van der Waals surface area contributed by atoms with Gasteiger partial charge in [0, 0.05) is 7.05 Å². The van der Waals surface area contributed by atoms with E-state index < -0.39 is 5.97 Å². The summed E-state index contributed by atoms with van der Waals surface area (Å²) in [5, 5.41) is 7.42. The highest BCUT2D eigenvalue weighted by Gasteiger charge is 2.17. The summed E-state index contributed by atoms with van der Waals surface area (Å²) < 4.78 is 6.51. The average Bonchev–Trinajstić information content (AvgIpc) is 2.31. The number of aryl methyl sites for hydroxylation is 1. The van der Waals surface area contributed by atoms with Gasteiger partial charge in [-0.05, 0) is 20.8 Å². The van der Waals surface area contributed by atoms with E-state index in [4.69, 9.17) is 4.74 Å². The lowest BCUT2D eigenvalue weighted by atomic mass is 10.3. The number of aromatic nitrogens is 3. The number of hydrogen-bond acceptors (Lipinski definition) is 4. The Balaban J connectivity index is 2.83. The number of nitrogens with zero attached hydrogens (tertiary/aromatic N) is 3. The van der Waals surface area contributed by atoms with Crippen LogP contribution in [0.25, 0.3) is 0 Å².